The third-order valence-corrected chi connectivity index (χ3v) is 8.69. The van der Waals surface area contributed by atoms with Gasteiger partial charge in [0.1, 0.15) is 0 Å². The Kier molecular flexibility index (Phi) is 8.17. The maximum absolute atomic E-state index is 12.8. The summed E-state index contributed by atoms with van der Waals surface area (Å²) in [6.07, 6.45) is 4.16. The normalized spacial score (nSPS) is 24.3. The number of morpholine rings is 1. The highest BCUT2D eigenvalue weighted by molar-refractivity contribution is 7.89. The molecule has 178 valence electrons. The first-order valence-electron chi connectivity index (χ1n) is 11.8. The van der Waals surface area contributed by atoms with E-state index in [2.05, 4.69) is 10.2 Å². The third kappa shape index (κ3) is 5.88. The Morgan fingerprint density at radius 1 is 1.00 bits per heavy atom. The lowest BCUT2D eigenvalue weighted by Gasteiger charge is -2.37. The second-order valence-corrected chi connectivity index (χ2v) is 10.9. The molecule has 0 radical (unpaired) electrons. The van der Waals surface area contributed by atoms with Crippen molar-refractivity contribution in [3.05, 3.63) is 29.8 Å². The van der Waals surface area contributed by atoms with Gasteiger partial charge in [-0.05, 0) is 37.0 Å². The largest absolute Gasteiger partial charge is 0.381 e. The average molecular weight is 466 g/mol. The highest BCUT2D eigenvalue weighted by Crippen LogP contribution is 2.23. The zero-order valence-corrected chi connectivity index (χ0v) is 19.5. The van der Waals surface area contributed by atoms with E-state index < -0.39 is 10.0 Å². The predicted molar refractivity (Wildman–Crippen MR) is 121 cm³/mol. The summed E-state index contributed by atoms with van der Waals surface area (Å²) in [5, 5.41) is 3.10. The summed E-state index contributed by atoms with van der Waals surface area (Å²) >= 11 is 0. The van der Waals surface area contributed by atoms with E-state index in [4.69, 9.17) is 9.47 Å². The summed E-state index contributed by atoms with van der Waals surface area (Å²) in [7, 11) is -3.45. The van der Waals surface area contributed by atoms with Gasteiger partial charge in [-0.25, -0.2) is 8.42 Å². The Labute approximate surface area is 191 Å². The van der Waals surface area contributed by atoms with Gasteiger partial charge in [0.15, 0.2) is 0 Å². The van der Waals surface area contributed by atoms with Crippen LogP contribution < -0.4 is 5.32 Å². The smallest absolute Gasteiger partial charge is 0.243 e. The van der Waals surface area contributed by atoms with E-state index in [1.165, 1.54) is 0 Å². The fourth-order valence-electron chi connectivity index (χ4n) is 4.86. The number of carbonyl (C=O) groups excluding carboxylic acids is 1. The minimum Gasteiger partial charge on any atom is -0.381 e. The molecule has 0 aliphatic carbocycles. The van der Waals surface area contributed by atoms with Crippen LogP contribution in [0.3, 0.4) is 0 Å². The van der Waals surface area contributed by atoms with E-state index in [-0.39, 0.29) is 18.4 Å². The second kappa shape index (κ2) is 11.1. The lowest BCUT2D eigenvalue weighted by Crippen LogP contribution is -2.52. The van der Waals surface area contributed by atoms with Gasteiger partial charge in [0.05, 0.1) is 31.1 Å². The van der Waals surface area contributed by atoms with Crippen LogP contribution in [0.1, 0.15) is 31.2 Å². The van der Waals surface area contributed by atoms with Crippen molar-refractivity contribution in [1.29, 1.82) is 0 Å². The molecule has 1 amide bonds. The summed E-state index contributed by atoms with van der Waals surface area (Å²) in [4.78, 5) is 15.3. The molecule has 4 rings (SSSR count). The van der Waals surface area contributed by atoms with Gasteiger partial charge >= 0.3 is 0 Å². The molecule has 1 aromatic rings. The monoisotopic (exact) mass is 465 g/mol. The molecule has 1 N–H and O–H groups in total. The highest BCUT2D eigenvalue weighted by Gasteiger charge is 2.32. The number of carbonyl (C=O) groups is 1. The molecule has 0 spiro atoms. The van der Waals surface area contributed by atoms with Crippen molar-refractivity contribution in [2.45, 2.75) is 43.0 Å². The SMILES string of the molecule is O=C(Cc1ccc(S(=O)(=O)N2CCCCC2)cc1)NCC(C1CCOC1)N1CCOCC1. The van der Waals surface area contributed by atoms with Crippen molar-refractivity contribution in [1.82, 2.24) is 14.5 Å². The summed E-state index contributed by atoms with van der Waals surface area (Å²) in [6.45, 7) is 6.50. The number of benzene rings is 1. The molecule has 8 nitrogen and oxygen atoms in total. The maximum Gasteiger partial charge on any atom is 0.243 e. The number of rotatable bonds is 8. The first-order valence-corrected chi connectivity index (χ1v) is 13.2. The topological polar surface area (TPSA) is 88.2 Å². The van der Waals surface area contributed by atoms with E-state index in [1.54, 1.807) is 28.6 Å². The number of nitrogens with zero attached hydrogens (tertiary/aromatic N) is 2. The van der Waals surface area contributed by atoms with Crippen molar-refractivity contribution in [3.8, 4) is 0 Å². The molecule has 1 aromatic carbocycles. The molecule has 3 aliphatic rings. The van der Waals surface area contributed by atoms with Crippen LogP contribution in [0, 0.1) is 5.92 Å². The first-order chi connectivity index (χ1) is 15.5. The molecule has 0 saturated carbocycles. The van der Waals surface area contributed by atoms with E-state index >= 15 is 0 Å². The summed E-state index contributed by atoms with van der Waals surface area (Å²) < 4.78 is 38.2. The van der Waals surface area contributed by atoms with Crippen LogP contribution in [0.4, 0.5) is 0 Å². The van der Waals surface area contributed by atoms with Crippen LogP contribution in [0.5, 0.6) is 0 Å². The van der Waals surface area contributed by atoms with Crippen LogP contribution >= 0.6 is 0 Å². The van der Waals surface area contributed by atoms with Gasteiger partial charge in [0, 0.05) is 51.3 Å². The van der Waals surface area contributed by atoms with E-state index in [1.807, 2.05) is 0 Å². The molecule has 3 fully saturated rings. The van der Waals surface area contributed by atoms with Crippen LogP contribution in [-0.2, 0) is 30.7 Å². The molecular formula is C23H35N3O5S. The van der Waals surface area contributed by atoms with Crippen LogP contribution in [0.2, 0.25) is 0 Å². The van der Waals surface area contributed by atoms with Crippen LogP contribution in [-0.4, -0.2) is 88.7 Å². The van der Waals surface area contributed by atoms with E-state index in [0.29, 0.717) is 30.4 Å². The third-order valence-electron chi connectivity index (χ3n) is 6.77. The molecule has 2 atom stereocenters. The van der Waals surface area contributed by atoms with E-state index in [0.717, 1.165) is 70.8 Å². The number of amides is 1. The highest BCUT2D eigenvalue weighted by atomic mass is 32.2. The summed E-state index contributed by atoms with van der Waals surface area (Å²) in [5.74, 6) is 0.376. The van der Waals surface area contributed by atoms with Crippen molar-refractivity contribution in [2.75, 3.05) is 59.2 Å². The fraction of sp³-hybridized carbons (Fsp3) is 0.696. The zero-order valence-electron chi connectivity index (χ0n) is 18.7. The van der Waals surface area contributed by atoms with Gasteiger partial charge < -0.3 is 14.8 Å². The maximum atomic E-state index is 12.8. The van der Waals surface area contributed by atoms with Crippen LogP contribution in [0.25, 0.3) is 0 Å². The molecule has 32 heavy (non-hydrogen) atoms. The fourth-order valence-corrected chi connectivity index (χ4v) is 6.38. The van der Waals surface area contributed by atoms with Gasteiger partial charge in [-0.2, -0.15) is 4.31 Å². The van der Waals surface area contributed by atoms with Crippen LogP contribution in [0.15, 0.2) is 29.2 Å². The Morgan fingerprint density at radius 2 is 1.72 bits per heavy atom. The van der Waals surface area contributed by atoms with E-state index in [9.17, 15) is 13.2 Å². The molecule has 0 bridgehead atoms. The Bertz CT molecular complexity index is 843. The van der Waals surface area contributed by atoms with Crippen molar-refractivity contribution in [3.63, 3.8) is 0 Å². The number of ether oxygens (including phenoxy) is 2. The Balaban J connectivity index is 1.32. The predicted octanol–water partition coefficient (Wildman–Crippen LogP) is 1.26. The summed E-state index contributed by atoms with van der Waals surface area (Å²) in [6, 6.07) is 7.00. The van der Waals surface area contributed by atoms with Gasteiger partial charge in [-0.15, -0.1) is 0 Å². The first kappa shape index (κ1) is 23.6. The minimum absolute atomic E-state index is 0.0474. The van der Waals surface area contributed by atoms with Gasteiger partial charge in [0.2, 0.25) is 15.9 Å². The standard InChI is InChI=1S/C23H35N3O5S/c27-23(24-17-22(20-8-13-31-18-20)25-11-14-30-15-12-25)16-19-4-6-21(7-5-19)32(28,29)26-9-2-1-3-10-26/h4-7,20,22H,1-3,8-18H2,(H,24,27). The molecule has 9 heteroatoms. The molecule has 3 saturated heterocycles. The summed E-state index contributed by atoms with van der Waals surface area (Å²) in [5.41, 5.74) is 0.812. The minimum atomic E-state index is -3.45. The van der Waals surface area contributed by atoms with Crippen molar-refractivity contribution in [2.24, 2.45) is 5.92 Å². The van der Waals surface area contributed by atoms with Gasteiger partial charge in [0.25, 0.3) is 0 Å². The molecular weight excluding hydrogens is 430 g/mol. The number of piperidine rings is 1. The number of nitrogens with one attached hydrogen (secondary N) is 1. The number of hydrogen-bond acceptors (Lipinski definition) is 6. The molecule has 0 aromatic heterocycles. The van der Waals surface area contributed by atoms with Gasteiger partial charge in [-0.1, -0.05) is 18.6 Å². The Hall–Kier alpha value is -1.52. The number of sulfonamides is 1. The zero-order chi connectivity index (χ0) is 22.4. The molecule has 3 aliphatic heterocycles. The lowest BCUT2D eigenvalue weighted by molar-refractivity contribution is -0.120. The average Bonchev–Trinajstić information content (AvgIpc) is 3.35. The molecule has 2 unspecified atom stereocenters. The quantitative estimate of drug-likeness (QED) is 0.622. The van der Waals surface area contributed by atoms with Gasteiger partial charge in [-0.3, -0.25) is 9.69 Å². The lowest BCUT2D eigenvalue weighted by atomic mass is 9.96. The van der Waals surface area contributed by atoms with Crippen molar-refractivity contribution >= 4 is 15.9 Å². The van der Waals surface area contributed by atoms with Crippen molar-refractivity contribution < 1.29 is 22.7 Å². The second-order valence-electron chi connectivity index (χ2n) is 8.93. The Morgan fingerprint density at radius 3 is 2.38 bits per heavy atom. The molecule has 3 heterocycles. The number of hydrogen-bond donors (Lipinski definition) is 1.